The zero-order valence-corrected chi connectivity index (χ0v) is 15.2. The van der Waals surface area contributed by atoms with Crippen LogP contribution in [0.5, 0.6) is 11.5 Å². The quantitative estimate of drug-likeness (QED) is 0.714. The van der Waals surface area contributed by atoms with Crippen LogP contribution in [0.2, 0.25) is 0 Å². The van der Waals surface area contributed by atoms with E-state index < -0.39 is 0 Å². The highest BCUT2D eigenvalue weighted by Crippen LogP contribution is 2.32. The number of benzene rings is 2. The molecule has 6 nitrogen and oxygen atoms in total. The van der Waals surface area contributed by atoms with Gasteiger partial charge in [0.25, 0.3) is 0 Å². The number of nitrogens with one attached hydrogen (secondary N) is 1. The van der Waals surface area contributed by atoms with Crippen molar-refractivity contribution in [3.05, 3.63) is 58.2 Å². The van der Waals surface area contributed by atoms with Crippen molar-refractivity contribution in [2.45, 2.75) is 13.1 Å². The molecule has 1 amide bonds. The maximum absolute atomic E-state index is 12.3. The average Bonchev–Trinajstić information content (AvgIpc) is 3.23. The van der Waals surface area contributed by atoms with Crippen molar-refractivity contribution in [3.8, 4) is 17.6 Å². The summed E-state index contributed by atoms with van der Waals surface area (Å²) in [5.41, 5.74) is 2.33. The second kappa shape index (κ2) is 6.73. The number of carbonyl (C=O) groups is 1. The first-order valence-electron chi connectivity index (χ1n) is 7.98. The van der Waals surface area contributed by atoms with E-state index in [-0.39, 0.29) is 19.2 Å². The lowest BCUT2D eigenvalue weighted by atomic mass is 10.2. The molecule has 1 aliphatic rings. The Morgan fingerprint density at radius 1 is 1.23 bits per heavy atom. The third-order valence-electron chi connectivity index (χ3n) is 4.20. The summed E-state index contributed by atoms with van der Waals surface area (Å²) in [6.07, 6.45) is 1.71. The SMILES string of the molecule is N#Cc1cn(CC(=O)NCc2ccc3c(c2)OCO3)c2ccc(Br)cc12. The molecule has 0 atom stereocenters. The summed E-state index contributed by atoms with van der Waals surface area (Å²) in [5, 5.41) is 13.0. The maximum Gasteiger partial charge on any atom is 0.240 e. The average molecular weight is 412 g/mol. The lowest BCUT2D eigenvalue weighted by Gasteiger charge is -2.08. The predicted molar refractivity (Wildman–Crippen MR) is 98.8 cm³/mol. The van der Waals surface area contributed by atoms with E-state index in [1.807, 2.05) is 36.4 Å². The Labute approximate surface area is 158 Å². The zero-order valence-electron chi connectivity index (χ0n) is 13.7. The fourth-order valence-corrected chi connectivity index (χ4v) is 3.31. The van der Waals surface area contributed by atoms with Gasteiger partial charge in [0.2, 0.25) is 12.7 Å². The van der Waals surface area contributed by atoms with E-state index in [0.717, 1.165) is 20.9 Å². The molecular weight excluding hydrogens is 398 g/mol. The number of aromatic nitrogens is 1. The van der Waals surface area contributed by atoms with Crippen LogP contribution in [0.1, 0.15) is 11.1 Å². The van der Waals surface area contributed by atoms with E-state index in [9.17, 15) is 10.1 Å². The summed E-state index contributed by atoms with van der Waals surface area (Å²) in [6, 6.07) is 13.4. The molecule has 3 aromatic rings. The number of nitriles is 1. The van der Waals surface area contributed by atoms with Gasteiger partial charge in [-0.1, -0.05) is 22.0 Å². The van der Waals surface area contributed by atoms with Crippen LogP contribution in [0, 0.1) is 11.3 Å². The van der Waals surface area contributed by atoms with Gasteiger partial charge in [-0.15, -0.1) is 0 Å². The van der Waals surface area contributed by atoms with Crippen molar-refractivity contribution in [1.29, 1.82) is 5.26 Å². The van der Waals surface area contributed by atoms with Crippen molar-refractivity contribution in [3.63, 3.8) is 0 Å². The Morgan fingerprint density at radius 2 is 2.08 bits per heavy atom. The van der Waals surface area contributed by atoms with E-state index >= 15 is 0 Å². The number of amides is 1. The first-order valence-corrected chi connectivity index (χ1v) is 8.77. The fourth-order valence-electron chi connectivity index (χ4n) is 2.95. The van der Waals surface area contributed by atoms with E-state index in [0.29, 0.717) is 23.6 Å². The molecule has 1 aliphatic heterocycles. The number of hydrogen-bond acceptors (Lipinski definition) is 4. The summed E-state index contributed by atoms with van der Waals surface area (Å²) in [5.74, 6) is 1.28. The smallest absolute Gasteiger partial charge is 0.240 e. The number of rotatable bonds is 4. The van der Waals surface area contributed by atoms with Crippen molar-refractivity contribution >= 4 is 32.7 Å². The van der Waals surface area contributed by atoms with Crippen LogP contribution in [0.25, 0.3) is 10.9 Å². The van der Waals surface area contributed by atoms with Gasteiger partial charge in [0, 0.05) is 28.1 Å². The molecule has 0 unspecified atom stereocenters. The Morgan fingerprint density at radius 3 is 2.92 bits per heavy atom. The third kappa shape index (κ3) is 3.11. The van der Waals surface area contributed by atoms with Crippen LogP contribution in [-0.4, -0.2) is 17.3 Å². The molecule has 7 heteroatoms. The standard InChI is InChI=1S/C19H14BrN3O3/c20-14-2-3-16-15(6-14)13(7-21)9-23(16)10-19(24)22-8-12-1-4-17-18(5-12)26-11-25-17/h1-6,9H,8,10-11H2,(H,22,24). The van der Waals surface area contributed by atoms with Crippen LogP contribution in [0.15, 0.2) is 47.1 Å². The normalized spacial score (nSPS) is 12.2. The number of carbonyl (C=O) groups excluding carboxylic acids is 1. The minimum Gasteiger partial charge on any atom is -0.454 e. The molecule has 4 rings (SSSR count). The zero-order chi connectivity index (χ0) is 18.1. The Balaban J connectivity index is 1.47. The molecule has 2 aromatic carbocycles. The van der Waals surface area contributed by atoms with E-state index in [1.165, 1.54) is 0 Å². The van der Waals surface area contributed by atoms with Crippen LogP contribution in [0.4, 0.5) is 0 Å². The number of ether oxygens (including phenoxy) is 2. The van der Waals surface area contributed by atoms with E-state index in [4.69, 9.17) is 9.47 Å². The highest BCUT2D eigenvalue weighted by molar-refractivity contribution is 9.10. The number of hydrogen-bond donors (Lipinski definition) is 1. The molecule has 0 bridgehead atoms. The Kier molecular flexibility index (Phi) is 4.27. The molecule has 0 saturated carbocycles. The summed E-state index contributed by atoms with van der Waals surface area (Å²) in [6.45, 7) is 0.763. The van der Waals surface area contributed by atoms with Gasteiger partial charge in [-0.3, -0.25) is 4.79 Å². The summed E-state index contributed by atoms with van der Waals surface area (Å²) in [4.78, 5) is 12.3. The molecule has 0 saturated heterocycles. The van der Waals surface area contributed by atoms with E-state index in [1.54, 1.807) is 10.8 Å². The molecule has 2 heterocycles. The molecule has 1 N–H and O–H groups in total. The number of nitrogens with zero attached hydrogens (tertiary/aromatic N) is 2. The maximum atomic E-state index is 12.3. The van der Waals surface area contributed by atoms with Gasteiger partial charge in [0.1, 0.15) is 12.6 Å². The molecule has 26 heavy (non-hydrogen) atoms. The third-order valence-corrected chi connectivity index (χ3v) is 4.70. The minimum atomic E-state index is -0.132. The topological polar surface area (TPSA) is 76.3 Å². The summed E-state index contributed by atoms with van der Waals surface area (Å²) >= 11 is 3.41. The molecule has 0 fully saturated rings. The molecule has 0 spiro atoms. The lowest BCUT2D eigenvalue weighted by Crippen LogP contribution is -2.26. The Hall–Kier alpha value is -2.98. The van der Waals surface area contributed by atoms with Gasteiger partial charge < -0.3 is 19.4 Å². The summed E-state index contributed by atoms with van der Waals surface area (Å²) < 4.78 is 13.3. The fraction of sp³-hybridized carbons (Fsp3) is 0.158. The van der Waals surface area contributed by atoms with Gasteiger partial charge in [-0.25, -0.2) is 0 Å². The van der Waals surface area contributed by atoms with Crippen LogP contribution in [0.3, 0.4) is 0 Å². The van der Waals surface area contributed by atoms with Crippen molar-refractivity contribution in [1.82, 2.24) is 9.88 Å². The van der Waals surface area contributed by atoms with Gasteiger partial charge in [0.05, 0.1) is 5.56 Å². The van der Waals surface area contributed by atoms with Gasteiger partial charge in [-0.05, 0) is 35.9 Å². The van der Waals surface area contributed by atoms with Gasteiger partial charge in [0.15, 0.2) is 11.5 Å². The number of fused-ring (bicyclic) bond motifs is 2. The monoisotopic (exact) mass is 411 g/mol. The highest BCUT2D eigenvalue weighted by Gasteiger charge is 2.14. The van der Waals surface area contributed by atoms with Crippen LogP contribution < -0.4 is 14.8 Å². The summed E-state index contributed by atoms with van der Waals surface area (Å²) in [7, 11) is 0. The van der Waals surface area contributed by atoms with Crippen molar-refractivity contribution < 1.29 is 14.3 Å². The molecule has 0 aliphatic carbocycles. The van der Waals surface area contributed by atoms with Gasteiger partial charge in [-0.2, -0.15) is 5.26 Å². The first kappa shape index (κ1) is 16.5. The number of halogens is 1. The van der Waals surface area contributed by atoms with Crippen LogP contribution >= 0.6 is 15.9 Å². The Bertz CT molecular complexity index is 1050. The molecule has 1 aromatic heterocycles. The molecule has 0 radical (unpaired) electrons. The van der Waals surface area contributed by atoms with Crippen molar-refractivity contribution in [2.75, 3.05) is 6.79 Å². The van der Waals surface area contributed by atoms with Gasteiger partial charge >= 0.3 is 0 Å². The molecule has 130 valence electrons. The minimum absolute atomic E-state index is 0.132. The first-order chi connectivity index (χ1) is 12.6. The van der Waals surface area contributed by atoms with Crippen molar-refractivity contribution in [2.24, 2.45) is 0 Å². The predicted octanol–water partition coefficient (Wildman–Crippen LogP) is 3.32. The second-order valence-corrected chi connectivity index (χ2v) is 6.82. The van der Waals surface area contributed by atoms with E-state index in [2.05, 4.69) is 27.3 Å². The lowest BCUT2D eigenvalue weighted by molar-refractivity contribution is -0.121. The highest BCUT2D eigenvalue weighted by atomic mass is 79.9. The largest absolute Gasteiger partial charge is 0.454 e. The second-order valence-electron chi connectivity index (χ2n) is 5.91. The molecular formula is C19H14BrN3O3. The van der Waals surface area contributed by atoms with Crippen LogP contribution in [-0.2, 0) is 17.9 Å².